The van der Waals surface area contributed by atoms with Gasteiger partial charge in [0.2, 0.25) is 11.8 Å². The SMILES string of the molecule is O=C(OCc1ccccc1)c1[nH]c([C@@H]2CCCN2C(=O)[C@@H](c2ccccc2)N2CCCCC2)nc1-c1ccc(-c2ccc(-c3cnc([C@@H]4CCCN4C(=O)[C@@H](c4ccccc4)N4CCCCC4)[nH]3)cc2)cc1. The quantitative estimate of drug-likeness (QED) is 0.103. The lowest BCUT2D eigenvalue weighted by atomic mass is 10.00. The Labute approximate surface area is 422 Å². The molecule has 2 N–H and O–H groups in total. The van der Waals surface area contributed by atoms with Crippen LogP contribution in [0.4, 0.5) is 0 Å². The van der Waals surface area contributed by atoms with E-state index < -0.39 is 5.97 Å². The Hall–Kier alpha value is -7.15. The van der Waals surface area contributed by atoms with E-state index in [4.69, 9.17) is 14.7 Å². The van der Waals surface area contributed by atoms with Gasteiger partial charge in [-0.3, -0.25) is 19.4 Å². The van der Waals surface area contributed by atoms with Gasteiger partial charge in [-0.25, -0.2) is 14.8 Å². The van der Waals surface area contributed by atoms with Gasteiger partial charge in [0.25, 0.3) is 0 Å². The monoisotopic (exact) mass is 961 g/mol. The second-order valence-electron chi connectivity index (χ2n) is 19.9. The summed E-state index contributed by atoms with van der Waals surface area (Å²) in [6, 6.07) is 45.5. The minimum absolute atomic E-state index is 0.0767. The van der Waals surface area contributed by atoms with E-state index in [1.165, 1.54) is 12.8 Å². The average Bonchev–Trinajstić information content (AvgIpc) is 4.30. The van der Waals surface area contributed by atoms with Gasteiger partial charge in [-0.2, -0.15) is 0 Å². The van der Waals surface area contributed by atoms with E-state index in [9.17, 15) is 14.4 Å². The van der Waals surface area contributed by atoms with Gasteiger partial charge in [-0.15, -0.1) is 0 Å². The van der Waals surface area contributed by atoms with E-state index in [0.29, 0.717) is 18.1 Å². The number of hydrogen-bond donors (Lipinski definition) is 2. The minimum atomic E-state index is -0.498. The van der Waals surface area contributed by atoms with Crippen molar-refractivity contribution in [2.45, 2.75) is 95.0 Å². The Morgan fingerprint density at radius 2 is 0.986 bits per heavy atom. The molecule has 0 unspecified atom stereocenters. The summed E-state index contributed by atoms with van der Waals surface area (Å²) in [7, 11) is 0. The Bertz CT molecular complexity index is 2930. The zero-order valence-electron chi connectivity index (χ0n) is 41.0. The van der Waals surface area contributed by atoms with Crippen molar-refractivity contribution in [3.63, 3.8) is 0 Å². The summed E-state index contributed by atoms with van der Waals surface area (Å²) < 4.78 is 5.91. The number of H-pyrrole nitrogens is 2. The molecule has 4 aliphatic rings. The van der Waals surface area contributed by atoms with Gasteiger partial charge in [-0.05, 0) is 111 Å². The first-order valence-electron chi connectivity index (χ1n) is 26.2. The predicted molar refractivity (Wildman–Crippen MR) is 279 cm³/mol. The molecule has 12 heteroatoms. The van der Waals surface area contributed by atoms with Crippen LogP contribution in [0.2, 0.25) is 0 Å². The van der Waals surface area contributed by atoms with Gasteiger partial charge in [0.15, 0.2) is 5.69 Å². The van der Waals surface area contributed by atoms with Crippen molar-refractivity contribution in [2.24, 2.45) is 0 Å². The van der Waals surface area contributed by atoms with Gasteiger partial charge in [0.05, 0.1) is 24.0 Å². The van der Waals surface area contributed by atoms with Crippen molar-refractivity contribution in [2.75, 3.05) is 39.3 Å². The van der Waals surface area contributed by atoms with Crippen molar-refractivity contribution < 1.29 is 19.1 Å². The molecule has 12 nitrogen and oxygen atoms in total. The number of nitrogens with zero attached hydrogens (tertiary/aromatic N) is 6. The van der Waals surface area contributed by atoms with Crippen LogP contribution >= 0.6 is 0 Å². The highest BCUT2D eigenvalue weighted by Gasteiger charge is 2.41. The topological polar surface area (TPSA) is 131 Å². The summed E-state index contributed by atoms with van der Waals surface area (Å²) in [5.74, 6) is 1.16. The Kier molecular flexibility index (Phi) is 14.2. The predicted octanol–water partition coefficient (Wildman–Crippen LogP) is 11.3. The number of piperidine rings is 2. The van der Waals surface area contributed by atoms with Gasteiger partial charge < -0.3 is 24.5 Å². The number of imidazole rings is 2. The number of hydrogen-bond acceptors (Lipinski definition) is 8. The maximum Gasteiger partial charge on any atom is 0.357 e. The van der Waals surface area contributed by atoms with E-state index in [0.717, 1.165) is 135 Å². The van der Waals surface area contributed by atoms with E-state index in [1.54, 1.807) is 0 Å². The second kappa shape index (κ2) is 21.7. The smallest absolute Gasteiger partial charge is 0.357 e. The molecule has 72 heavy (non-hydrogen) atoms. The number of likely N-dealkylation sites (tertiary alicyclic amines) is 4. The number of rotatable bonds is 14. The third-order valence-electron chi connectivity index (χ3n) is 15.3. The zero-order chi connectivity index (χ0) is 48.8. The first-order chi connectivity index (χ1) is 35.5. The third kappa shape index (κ3) is 10.0. The highest BCUT2D eigenvalue weighted by atomic mass is 16.5. The molecule has 2 amide bonds. The molecule has 4 aliphatic heterocycles. The molecule has 0 bridgehead atoms. The number of benzene rings is 5. The average molecular weight is 961 g/mol. The number of aromatic amines is 2. The van der Waals surface area contributed by atoms with Crippen LogP contribution in [-0.4, -0.2) is 96.6 Å². The lowest BCUT2D eigenvalue weighted by Crippen LogP contribution is -2.44. The van der Waals surface area contributed by atoms with Crippen LogP contribution in [0, 0.1) is 0 Å². The molecule has 11 rings (SSSR count). The van der Waals surface area contributed by atoms with Gasteiger partial charge >= 0.3 is 5.97 Å². The molecule has 4 fully saturated rings. The molecular weight excluding hydrogens is 897 g/mol. The number of amides is 2. The number of nitrogens with one attached hydrogen (secondary N) is 2. The fraction of sp³-hybridized carbons (Fsp3) is 0.350. The molecule has 4 saturated heterocycles. The lowest BCUT2D eigenvalue weighted by Gasteiger charge is -2.37. The van der Waals surface area contributed by atoms with Crippen molar-refractivity contribution in [3.05, 3.63) is 180 Å². The van der Waals surface area contributed by atoms with Crippen LogP contribution in [-0.2, 0) is 20.9 Å². The van der Waals surface area contributed by atoms with E-state index in [2.05, 4.69) is 85.3 Å². The molecule has 2 aromatic heterocycles. The van der Waals surface area contributed by atoms with Crippen molar-refractivity contribution in [3.8, 4) is 33.6 Å². The van der Waals surface area contributed by atoms with Crippen LogP contribution in [0.25, 0.3) is 33.6 Å². The summed E-state index contributed by atoms with van der Waals surface area (Å²) in [6.07, 6.45) is 12.1. The molecule has 4 atom stereocenters. The molecule has 0 spiro atoms. The van der Waals surface area contributed by atoms with Gasteiger partial charge in [0.1, 0.15) is 36.0 Å². The largest absolute Gasteiger partial charge is 0.456 e. The lowest BCUT2D eigenvalue weighted by molar-refractivity contribution is -0.139. The molecule has 368 valence electrons. The summed E-state index contributed by atoms with van der Waals surface area (Å²) in [5, 5.41) is 0. The Morgan fingerprint density at radius 3 is 1.51 bits per heavy atom. The highest BCUT2D eigenvalue weighted by molar-refractivity contribution is 5.95. The highest BCUT2D eigenvalue weighted by Crippen LogP contribution is 2.39. The molecule has 5 aromatic carbocycles. The van der Waals surface area contributed by atoms with Crippen LogP contribution in [0.3, 0.4) is 0 Å². The van der Waals surface area contributed by atoms with Crippen LogP contribution < -0.4 is 0 Å². The molecule has 7 aromatic rings. The standard InChI is InChI=1S/C60H64N8O4/c69-58(54(47-20-8-2-9-21-47)65-34-12-4-13-35-65)67-38-16-24-50(67)56-61-40-49(62-56)45-30-26-43(27-31-45)44-28-32-46(33-29-44)52-53(60(71)72-41-42-18-6-1-7-19-42)64-57(63-52)51-25-17-39-68(51)59(70)55(48-22-10-3-11-23-48)66-36-14-5-15-37-66/h1-3,6-11,18-23,26-33,40,50-51,54-55H,4-5,12-17,24-25,34-39,41H2,(H,61,62)(H,63,64)/t50-,51-,54+,55+/m0/s1. The summed E-state index contributed by atoms with van der Waals surface area (Å²) >= 11 is 0. The fourth-order valence-corrected chi connectivity index (χ4v) is 11.6. The van der Waals surface area contributed by atoms with E-state index in [-0.39, 0.29) is 48.3 Å². The molecule has 0 saturated carbocycles. The first kappa shape index (κ1) is 47.2. The Balaban J connectivity index is 0.821. The zero-order valence-corrected chi connectivity index (χ0v) is 41.0. The molecule has 0 aliphatic carbocycles. The van der Waals surface area contributed by atoms with Gasteiger partial charge in [-0.1, -0.05) is 152 Å². The van der Waals surface area contributed by atoms with E-state index >= 15 is 0 Å². The summed E-state index contributed by atoms with van der Waals surface area (Å²) in [6.45, 7) is 5.11. The summed E-state index contributed by atoms with van der Waals surface area (Å²) in [4.78, 5) is 69.1. The van der Waals surface area contributed by atoms with E-state index in [1.807, 2.05) is 90.0 Å². The number of carbonyl (C=O) groups is 3. The number of carbonyl (C=O) groups excluding carboxylic acids is 3. The molecule has 0 radical (unpaired) electrons. The van der Waals surface area contributed by atoms with Crippen LogP contribution in [0.15, 0.2) is 146 Å². The van der Waals surface area contributed by atoms with Crippen LogP contribution in [0.1, 0.15) is 127 Å². The normalized spacial score (nSPS) is 19.6. The third-order valence-corrected chi connectivity index (χ3v) is 15.3. The van der Waals surface area contributed by atoms with Gasteiger partial charge in [0, 0.05) is 18.7 Å². The number of esters is 1. The van der Waals surface area contributed by atoms with Crippen LogP contribution in [0.5, 0.6) is 0 Å². The molecule has 6 heterocycles. The van der Waals surface area contributed by atoms with Crippen molar-refractivity contribution >= 4 is 17.8 Å². The maximum absolute atomic E-state index is 14.8. The second-order valence-corrected chi connectivity index (χ2v) is 19.9. The first-order valence-corrected chi connectivity index (χ1v) is 26.2. The number of ether oxygens (including phenoxy) is 1. The number of aromatic nitrogens is 4. The van der Waals surface area contributed by atoms with Crippen molar-refractivity contribution in [1.29, 1.82) is 0 Å². The Morgan fingerprint density at radius 1 is 0.514 bits per heavy atom. The van der Waals surface area contributed by atoms with Crippen molar-refractivity contribution in [1.82, 2.24) is 39.5 Å². The summed E-state index contributed by atoms with van der Waals surface area (Å²) in [5.41, 5.74) is 8.46. The molecular formula is C60H64N8O4. The maximum atomic E-state index is 14.8. The fourth-order valence-electron chi connectivity index (χ4n) is 11.6. The minimum Gasteiger partial charge on any atom is -0.456 e.